The summed E-state index contributed by atoms with van der Waals surface area (Å²) in [5.74, 6) is 0.783. The third-order valence-corrected chi connectivity index (χ3v) is 5.28. The number of benzene rings is 1. The van der Waals surface area contributed by atoms with Gasteiger partial charge in [-0.15, -0.1) is 0 Å². The number of H-pyrrole nitrogens is 2. The minimum atomic E-state index is 0.206. The number of hydrogen-bond donors (Lipinski definition) is 3. The van der Waals surface area contributed by atoms with Crippen molar-refractivity contribution in [1.82, 2.24) is 9.97 Å². The van der Waals surface area contributed by atoms with Gasteiger partial charge >= 0.3 is 0 Å². The molecule has 0 amide bonds. The molecular weight excluding hydrogens is 350 g/mol. The number of aryl methyl sites for hydroxylation is 1. The van der Waals surface area contributed by atoms with E-state index in [1.165, 1.54) is 11.1 Å². The van der Waals surface area contributed by atoms with E-state index in [1.807, 2.05) is 24.3 Å². The Bertz CT molecular complexity index is 1230. The molecule has 0 spiro atoms. The van der Waals surface area contributed by atoms with Crippen LogP contribution in [0.15, 0.2) is 35.3 Å². The Hall–Kier alpha value is -3.05. The second-order valence-electron chi connectivity index (χ2n) is 7.10. The summed E-state index contributed by atoms with van der Waals surface area (Å²) in [6.07, 6.45) is 5.80. The third-order valence-electron chi connectivity index (χ3n) is 5.28. The fourth-order valence-electron chi connectivity index (χ4n) is 3.76. The lowest BCUT2D eigenvalue weighted by Crippen LogP contribution is -2.19. The van der Waals surface area contributed by atoms with Crippen molar-refractivity contribution in [2.75, 3.05) is 13.7 Å². The van der Waals surface area contributed by atoms with Crippen LogP contribution in [0.3, 0.4) is 0 Å². The number of aliphatic hydroxyl groups is 1. The van der Waals surface area contributed by atoms with E-state index in [-0.39, 0.29) is 6.61 Å². The topological polar surface area (TPSA) is 73.4 Å². The van der Waals surface area contributed by atoms with Crippen LogP contribution >= 0.6 is 0 Å². The van der Waals surface area contributed by atoms with Gasteiger partial charge in [0.05, 0.1) is 28.9 Å². The predicted molar refractivity (Wildman–Crippen MR) is 111 cm³/mol. The summed E-state index contributed by atoms with van der Waals surface area (Å²) in [7, 11) is 1.68. The Morgan fingerprint density at radius 3 is 2.75 bits per heavy atom. The molecule has 5 nitrogen and oxygen atoms in total. The normalized spacial score (nSPS) is 15.4. The molecule has 0 atom stereocenters. The monoisotopic (exact) mass is 375 g/mol. The van der Waals surface area contributed by atoms with E-state index in [0.29, 0.717) is 0 Å². The molecular formula is C23H25N3O2. The average Bonchev–Trinajstić information content (AvgIpc) is 3.37. The maximum absolute atomic E-state index is 9.14. The Morgan fingerprint density at radius 1 is 1.18 bits per heavy atom. The predicted octanol–water partition coefficient (Wildman–Crippen LogP) is 0.944. The summed E-state index contributed by atoms with van der Waals surface area (Å²) in [6, 6.07) is 10.1. The minimum Gasteiger partial charge on any atom is -0.494 e. The maximum Gasteiger partial charge on any atom is 0.144 e. The fraction of sp³-hybridized carbons (Fsp3) is 0.261. The van der Waals surface area contributed by atoms with E-state index in [4.69, 9.17) is 14.8 Å². The van der Waals surface area contributed by atoms with Gasteiger partial charge in [-0.05, 0) is 56.0 Å². The third kappa shape index (κ3) is 3.29. The summed E-state index contributed by atoms with van der Waals surface area (Å²) < 4.78 is 5.60. The van der Waals surface area contributed by atoms with E-state index in [0.717, 1.165) is 57.0 Å². The molecule has 0 aliphatic carbocycles. The molecule has 2 aromatic heterocycles. The summed E-state index contributed by atoms with van der Waals surface area (Å²) in [5.41, 5.74) is 5.59. The van der Waals surface area contributed by atoms with Gasteiger partial charge in [-0.2, -0.15) is 0 Å². The van der Waals surface area contributed by atoms with Crippen molar-refractivity contribution < 1.29 is 9.84 Å². The first-order chi connectivity index (χ1) is 13.6. The molecule has 5 heteroatoms. The molecule has 4 rings (SSSR count). The number of aromatic nitrogens is 2. The van der Waals surface area contributed by atoms with Crippen molar-refractivity contribution in [3.05, 3.63) is 74.1 Å². The van der Waals surface area contributed by atoms with Gasteiger partial charge in [-0.3, -0.25) is 0 Å². The molecule has 0 fully saturated rings. The van der Waals surface area contributed by atoms with Crippen molar-refractivity contribution in [3.8, 4) is 5.75 Å². The van der Waals surface area contributed by atoms with E-state index >= 15 is 0 Å². The first kappa shape index (κ1) is 18.3. The number of rotatable bonds is 5. The van der Waals surface area contributed by atoms with E-state index < -0.39 is 0 Å². The second-order valence-corrected chi connectivity index (χ2v) is 7.10. The molecule has 0 saturated heterocycles. The zero-order valence-electron chi connectivity index (χ0n) is 16.5. The molecule has 144 valence electrons. The molecule has 0 bridgehead atoms. The Labute approximate surface area is 163 Å². The molecule has 1 aliphatic heterocycles. The Balaban J connectivity index is 1.83. The average molecular weight is 375 g/mol. The van der Waals surface area contributed by atoms with E-state index in [9.17, 15) is 0 Å². The van der Waals surface area contributed by atoms with Gasteiger partial charge in [-0.25, -0.2) is 4.99 Å². The van der Waals surface area contributed by atoms with Gasteiger partial charge in [0.25, 0.3) is 0 Å². The lowest BCUT2D eigenvalue weighted by Gasteiger charge is -2.00. The largest absolute Gasteiger partial charge is 0.494 e. The van der Waals surface area contributed by atoms with Crippen molar-refractivity contribution in [3.63, 3.8) is 0 Å². The quantitative estimate of drug-likeness (QED) is 0.621. The van der Waals surface area contributed by atoms with Crippen LogP contribution in [0.5, 0.6) is 5.75 Å². The summed E-state index contributed by atoms with van der Waals surface area (Å²) in [4.78, 5) is 11.6. The molecule has 3 N–H and O–H groups in total. The lowest BCUT2D eigenvalue weighted by molar-refractivity contribution is 0.288. The molecule has 1 aromatic carbocycles. The van der Waals surface area contributed by atoms with Gasteiger partial charge in [-0.1, -0.05) is 18.2 Å². The van der Waals surface area contributed by atoms with Crippen LogP contribution in [0, 0.1) is 13.8 Å². The van der Waals surface area contributed by atoms with Gasteiger partial charge < -0.3 is 19.8 Å². The van der Waals surface area contributed by atoms with Crippen LogP contribution in [-0.2, 0) is 6.42 Å². The van der Waals surface area contributed by atoms with Crippen molar-refractivity contribution in [2.24, 2.45) is 4.99 Å². The van der Waals surface area contributed by atoms with Gasteiger partial charge in [0, 0.05) is 29.3 Å². The SMILES string of the molecule is COc1cc(=C2C=c3ccccc3=N2)[nH]/c1=C\c1[nH]c(C)c(CCCO)c1C. The smallest absolute Gasteiger partial charge is 0.144 e. The molecule has 0 unspecified atom stereocenters. The molecule has 0 saturated carbocycles. The number of ether oxygens (including phenoxy) is 1. The van der Waals surface area contributed by atoms with Crippen molar-refractivity contribution in [2.45, 2.75) is 26.7 Å². The number of fused-ring (bicyclic) bond motifs is 1. The molecule has 0 radical (unpaired) electrons. The number of para-hydroxylation sites is 1. The zero-order valence-corrected chi connectivity index (χ0v) is 16.5. The maximum atomic E-state index is 9.14. The van der Waals surface area contributed by atoms with Crippen LogP contribution in [0.1, 0.15) is 28.9 Å². The van der Waals surface area contributed by atoms with Crippen LogP contribution in [0.4, 0.5) is 0 Å². The number of methoxy groups -OCH3 is 1. The highest BCUT2D eigenvalue weighted by molar-refractivity contribution is 5.76. The van der Waals surface area contributed by atoms with Crippen molar-refractivity contribution >= 4 is 17.8 Å². The number of aromatic amines is 2. The summed E-state index contributed by atoms with van der Waals surface area (Å²) in [6.45, 7) is 4.40. The summed E-state index contributed by atoms with van der Waals surface area (Å²) >= 11 is 0. The number of hydrogen-bond acceptors (Lipinski definition) is 3. The number of nitrogens with zero attached hydrogens (tertiary/aromatic N) is 1. The van der Waals surface area contributed by atoms with Crippen molar-refractivity contribution in [1.29, 1.82) is 0 Å². The zero-order chi connectivity index (χ0) is 19.7. The molecule has 1 aliphatic rings. The van der Waals surface area contributed by atoms with Crippen LogP contribution in [0.25, 0.3) is 17.8 Å². The first-order valence-corrected chi connectivity index (χ1v) is 9.54. The standard InChI is InChI=1S/C23H25N3O2/c1-14-17(8-6-10-27)15(2)24-19(14)12-22-23(28-3)13-21(26-22)20-11-16-7-4-5-9-18(16)25-20/h4-5,7,9,11-13,24,26-27H,6,8,10H2,1-3H3/b21-20?,22-12-. The molecule has 3 aromatic rings. The van der Waals surface area contributed by atoms with Gasteiger partial charge in [0.1, 0.15) is 5.75 Å². The highest BCUT2D eigenvalue weighted by atomic mass is 16.5. The fourth-order valence-corrected chi connectivity index (χ4v) is 3.76. The van der Waals surface area contributed by atoms with Gasteiger partial charge in [0.2, 0.25) is 0 Å². The van der Waals surface area contributed by atoms with Crippen LogP contribution in [0.2, 0.25) is 0 Å². The molecule has 28 heavy (non-hydrogen) atoms. The second kappa shape index (κ2) is 7.52. The van der Waals surface area contributed by atoms with Gasteiger partial charge in [0.15, 0.2) is 0 Å². The number of aliphatic hydroxyl groups excluding tert-OH is 1. The van der Waals surface area contributed by atoms with E-state index in [1.54, 1.807) is 7.11 Å². The van der Waals surface area contributed by atoms with Crippen LogP contribution in [-0.4, -0.2) is 28.8 Å². The number of nitrogens with one attached hydrogen (secondary N) is 2. The summed E-state index contributed by atoms with van der Waals surface area (Å²) in [5, 5.41) is 13.1. The molecule has 3 heterocycles. The highest BCUT2D eigenvalue weighted by Gasteiger charge is 2.11. The Kier molecular flexibility index (Phi) is 4.92. The van der Waals surface area contributed by atoms with Crippen LogP contribution < -0.4 is 26.0 Å². The minimum absolute atomic E-state index is 0.206. The Morgan fingerprint density at radius 2 is 2.00 bits per heavy atom. The lowest BCUT2D eigenvalue weighted by atomic mass is 10.1. The first-order valence-electron chi connectivity index (χ1n) is 9.54. The highest BCUT2D eigenvalue weighted by Crippen LogP contribution is 2.20. The van der Waals surface area contributed by atoms with E-state index in [2.05, 4.69) is 42.0 Å².